The summed E-state index contributed by atoms with van der Waals surface area (Å²) in [7, 11) is 0. The predicted octanol–water partition coefficient (Wildman–Crippen LogP) is 3.10. The van der Waals surface area contributed by atoms with Crippen molar-refractivity contribution in [2.45, 2.75) is 19.8 Å². The van der Waals surface area contributed by atoms with Crippen molar-refractivity contribution in [3.63, 3.8) is 0 Å². The molecule has 25 heavy (non-hydrogen) atoms. The number of benzene rings is 2. The number of carboxylic acid groups (broad SMARTS) is 1. The summed E-state index contributed by atoms with van der Waals surface area (Å²) in [5.41, 5.74) is 2.41. The van der Waals surface area contributed by atoms with Gasteiger partial charge in [-0.15, -0.1) is 0 Å². The average Bonchev–Trinajstić information content (AvgIpc) is 3.05. The first-order chi connectivity index (χ1) is 12.0. The summed E-state index contributed by atoms with van der Waals surface area (Å²) < 4.78 is 0. The molecule has 1 saturated heterocycles. The quantitative estimate of drug-likeness (QED) is 0.897. The van der Waals surface area contributed by atoms with Gasteiger partial charge >= 0.3 is 5.97 Å². The van der Waals surface area contributed by atoms with Gasteiger partial charge in [0.15, 0.2) is 0 Å². The summed E-state index contributed by atoms with van der Waals surface area (Å²) in [6.45, 7) is 3.07. The fraction of sp³-hybridized carbons (Fsp3) is 0.300. The number of nitrogens with zero attached hydrogens (tertiary/aromatic N) is 1. The van der Waals surface area contributed by atoms with Crippen LogP contribution in [0.25, 0.3) is 0 Å². The number of carbonyl (C=O) groups is 2. The number of likely N-dealkylation sites (tertiary alicyclic amines) is 1. The molecule has 1 aliphatic heterocycles. The predicted molar refractivity (Wildman–Crippen MR) is 94.0 cm³/mol. The second kappa shape index (κ2) is 6.97. The molecule has 0 bridgehead atoms. The second-order valence-electron chi connectivity index (χ2n) is 6.57. The van der Waals surface area contributed by atoms with E-state index in [2.05, 4.69) is 0 Å². The number of hydrogen-bond acceptors (Lipinski definition) is 3. The third kappa shape index (κ3) is 3.65. The Morgan fingerprint density at radius 1 is 1.20 bits per heavy atom. The van der Waals surface area contributed by atoms with Crippen LogP contribution in [0.3, 0.4) is 0 Å². The number of phenols is 1. The molecule has 1 heterocycles. The number of aromatic hydroxyl groups is 1. The van der Waals surface area contributed by atoms with Crippen molar-refractivity contribution in [2.75, 3.05) is 13.1 Å². The first-order valence-corrected chi connectivity index (χ1v) is 8.36. The Kier molecular flexibility index (Phi) is 4.74. The number of aromatic carboxylic acids is 1. The first kappa shape index (κ1) is 17.0. The van der Waals surface area contributed by atoms with Crippen LogP contribution in [-0.2, 0) is 6.42 Å². The van der Waals surface area contributed by atoms with Gasteiger partial charge in [0.25, 0.3) is 5.91 Å². The number of amides is 1. The Morgan fingerprint density at radius 3 is 2.72 bits per heavy atom. The van der Waals surface area contributed by atoms with Crippen LogP contribution in [0.4, 0.5) is 0 Å². The monoisotopic (exact) mass is 339 g/mol. The van der Waals surface area contributed by atoms with Gasteiger partial charge in [-0.05, 0) is 55.5 Å². The molecule has 2 aromatic rings. The molecule has 2 aromatic carbocycles. The maximum Gasteiger partial charge on any atom is 0.335 e. The van der Waals surface area contributed by atoms with Crippen molar-refractivity contribution >= 4 is 11.9 Å². The molecular formula is C20H21NO4. The molecule has 1 unspecified atom stereocenters. The van der Waals surface area contributed by atoms with E-state index in [9.17, 15) is 14.7 Å². The molecule has 0 radical (unpaired) electrons. The molecular weight excluding hydrogens is 318 g/mol. The highest BCUT2D eigenvalue weighted by molar-refractivity contribution is 5.96. The highest BCUT2D eigenvalue weighted by atomic mass is 16.4. The molecule has 3 rings (SSSR count). The normalized spacial score (nSPS) is 16.8. The van der Waals surface area contributed by atoms with Crippen LogP contribution in [0.2, 0.25) is 0 Å². The van der Waals surface area contributed by atoms with Gasteiger partial charge in [0.2, 0.25) is 0 Å². The fourth-order valence-corrected chi connectivity index (χ4v) is 3.37. The largest absolute Gasteiger partial charge is 0.508 e. The molecule has 2 N–H and O–H groups in total. The summed E-state index contributed by atoms with van der Waals surface area (Å²) in [6.07, 6.45) is 1.64. The van der Waals surface area contributed by atoms with Crippen LogP contribution in [0.15, 0.2) is 42.5 Å². The third-order valence-electron chi connectivity index (χ3n) is 4.81. The summed E-state index contributed by atoms with van der Waals surface area (Å²) in [6, 6.07) is 12.0. The Morgan fingerprint density at radius 2 is 1.96 bits per heavy atom. The van der Waals surface area contributed by atoms with Crippen molar-refractivity contribution in [1.82, 2.24) is 4.90 Å². The van der Waals surface area contributed by atoms with Crippen LogP contribution in [-0.4, -0.2) is 40.1 Å². The van der Waals surface area contributed by atoms with Gasteiger partial charge in [0, 0.05) is 24.2 Å². The smallest absolute Gasteiger partial charge is 0.335 e. The molecule has 0 aromatic heterocycles. The number of phenolic OH excluding ortho intramolecular Hbond substituents is 1. The number of carbonyl (C=O) groups excluding carboxylic acids is 1. The minimum Gasteiger partial charge on any atom is -0.508 e. The van der Waals surface area contributed by atoms with Crippen molar-refractivity contribution in [2.24, 2.45) is 5.92 Å². The maximum atomic E-state index is 12.7. The highest BCUT2D eigenvalue weighted by Gasteiger charge is 2.28. The molecule has 0 spiro atoms. The molecule has 5 nitrogen and oxygen atoms in total. The van der Waals surface area contributed by atoms with E-state index in [0.29, 0.717) is 35.7 Å². The van der Waals surface area contributed by atoms with Gasteiger partial charge in [-0.3, -0.25) is 4.79 Å². The molecule has 5 heteroatoms. The van der Waals surface area contributed by atoms with Crippen molar-refractivity contribution in [1.29, 1.82) is 0 Å². The van der Waals surface area contributed by atoms with E-state index in [1.54, 1.807) is 43.3 Å². The Labute approximate surface area is 146 Å². The zero-order valence-electron chi connectivity index (χ0n) is 14.1. The SMILES string of the molecule is Cc1c(O)cccc1C(=O)N1CCC(Cc2cccc(C(=O)O)c2)C1. The Bertz CT molecular complexity index is 815. The standard InChI is InChI=1S/C20H21NO4/c1-13-17(6-3-7-18(13)22)19(23)21-9-8-15(12-21)10-14-4-2-5-16(11-14)20(24)25/h2-7,11,15,22H,8-10,12H2,1H3,(H,24,25). The van der Waals surface area contributed by atoms with Gasteiger partial charge in [0.1, 0.15) is 5.75 Å². The number of rotatable bonds is 4. The van der Waals surface area contributed by atoms with Crippen LogP contribution < -0.4 is 0 Å². The lowest BCUT2D eigenvalue weighted by molar-refractivity contribution is 0.0696. The average molecular weight is 339 g/mol. The lowest BCUT2D eigenvalue weighted by Gasteiger charge is -2.18. The summed E-state index contributed by atoms with van der Waals surface area (Å²) in [5.74, 6) is -0.544. The van der Waals surface area contributed by atoms with E-state index < -0.39 is 5.97 Å². The lowest BCUT2D eigenvalue weighted by Crippen LogP contribution is -2.29. The first-order valence-electron chi connectivity index (χ1n) is 8.36. The zero-order valence-corrected chi connectivity index (χ0v) is 14.1. The summed E-state index contributed by atoms with van der Waals surface area (Å²) >= 11 is 0. The molecule has 1 amide bonds. The fourth-order valence-electron chi connectivity index (χ4n) is 3.37. The summed E-state index contributed by atoms with van der Waals surface area (Å²) in [5, 5.41) is 18.9. The van der Waals surface area contributed by atoms with Crippen LogP contribution in [0.1, 0.15) is 38.3 Å². The van der Waals surface area contributed by atoms with E-state index in [4.69, 9.17) is 5.11 Å². The third-order valence-corrected chi connectivity index (χ3v) is 4.81. The van der Waals surface area contributed by atoms with Gasteiger partial charge in [0.05, 0.1) is 5.56 Å². The van der Waals surface area contributed by atoms with E-state index in [-0.39, 0.29) is 11.7 Å². The van der Waals surface area contributed by atoms with E-state index in [1.807, 2.05) is 11.0 Å². The summed E-state index contributed by atoms with van der Waals surface area (Å²) in [4.78, 5) is 25.6. The lowest BCUT2D eigenvalue weighted by atomic mass is 9.97. The van der Waals surface area contributed by atoms with E-state index in [1.165, 1.54) is 0 Å². The molecule has 1 aliphatic rings. The van der Waals surface area contributed by atoms with Crippen LogP contribution >= 0.6 is 0 Å². The molecule has 0 saturated carbocycles. The number of hydrogen-bond donors (Lipinski definition) is 2. The van der Waals surface area contributed by atoms with Gasteiger partial charge in [-0.2, -0.15) is 0 Å². The van der Waals surface area contributed by atoms with Crippen molar-refractivity contribution in [3.8, 4) is 5.75 Å². The van der Waals surface area contributed by atoms with Crippen molar-refractivity contribution < 1.29 is 19.8 Å². The van der Waals surface area contributed by atoms with Gasteiger partial charge in [-0.25, -0.2) is 4.79 Å². The van der Waals surface area contributed by atoms with Gasteiger partial charge in [-0.1, -0.05) is 18.2 Å². The number of carboxylic acids is 1. The minimum atomic E-state index is -0.926. The molecule has 0 aliphatic carbocycles. The van der Waals surface area contributed by atoms with Crippen LogP contribution in [0.5, 0.6) is 5.75 Å². The van der Waals surface area contributed by atoms with E-state index >= 15 is 0 Å². The molecule has 130 valence electrons. The van der Waals surface area contributed by atoms with Crippen molar-refractivity contribution in [3.05, 3.63) is 64.7 Å². The topological polar surface area (TPSA) is 77.8 Å². The molecule has 1 fully saturated rings. The van der Waals surface area contributed by atoms with Crippen LogP contribution in [0, 0.1) is 12.8 Å². The Balaban J connectivity index is 1.67. The zero-order chi connectivity index (χ0) is 18.0. The minimum absolute atomic E-state index is 0.0600. The molecule has 1 atom stereocenters. The second-order valence-corrected chi connectivity index (χ2v) is 6.57. The maximum absolute atomic E-state index is 12.7. The Hall–Kier alpha value is -2.82. The van der Waals surface area contributed by atoms with E-state index in [0.717, 1.165) is 18.4 Å². The van der Waals surface area contributed by atoms with Gasteiger partial charge < -0.3 is 15.1 Å². The highest BCUT2D eigenvalue weighted by Crippen LogP contribution is 2.26.